The fraction of sp³-hybridized carbons (Fsp3) is 0.211. The molecule has 0 saturated carbocycles. The smallest absolute Gasteiger partial charge is 0.240 e. The number of aliphatic hydroxyl groups is 1. The van der Waals surface area contributed by atoms with Gasteiger partial charge in [-0.05, 0) is 42.8 Å². The van der Waals surface area contributed by atoms with Gasteiger partial charge in [-0.3, -0.25) is 9.78 Å². The van der Waals surface area contributed by atoms with Gasteiger partial charge in [-0.15, -0.1) is 0 Å². The van der Waals surface area contributed by atoms with Gasteiger partial charge in [0.1, 0.15) is 0 Å². The molecule has 0 fully saturated rings. The molecule has 1 aromatic carbocycles. The van der Waals surface area contributed by atoms with E-state index in [1.54, 1.807) is 6.20 Å². The van der Waals surface area contributed by atoms with Crippen LogP contribution in [0.4, 0.5) is 0 Å². The average molecular weight is 334 g/mol. The summed E-state index contributed by atoms with van der Waals surface area (Å²) >= 11 is 0. The van der Waals surface area contributed by atoms with Crippen LogP contribution in [0.15, 0.2) is 47.7 Å². The zero-order valence-corrected chi connectivity index (χ0v) is 13.8. The van der Waals surface area contributed by atoms with Crippen molar-refractivity contribution in [2.45, 2.75) is 13.3 Å². The molecule has 1 aliphatic heterocycles. The van der Waals surface area contributed by atoms with E-state index in [1.165, 1.54) is 0 Å². The number of benzene rings is 1. The number of nitrogens with one attached hydrogen (secondary N) is 2. The van der Waals surface area contributed by atoms with Crippen LogP contribution in [0.1, 0.15) is 17.7 Å². The van der Waals surface area contributed by atoms with Crippen molar-refractivity contribution in [1.82, 2.24) is 15.4 Å². The summed E-state index contributed by atoms with van der Waals surface area (Å²) in [5.74, 6) is -0.437. The van der Waals surface area contributed by atoms with Gasteiger partial charge in [0.2, 0.25) is 5.91 Å². The molecule has 3 N–H and O–H groups in total. The van der Waals surface area contributed by atoms with Crippen molar-refractivity contribution in [3.63, 3.8) is 0 Å². The molecule has 25 heavy (non-hydrogen) atoms. The van der Waals surface area contributed by atoms with Crippen LogP contribution in [0.5, 0.6) is 0 Å². The minimum Gasteiger partial charge on any atom is -0.396 e. The van der Waals surface area contributed by atoms with Crippen LogP contribution in [0.3, 0.4) is 0 Å². The standard InChI is InChI=1S/C19H18N4O2/c1-11-6-12(4-5-20-11)17-8-14-7-13(2-3-16(14)21-17)19-15(10-24)9-18(25)22-23-19/h2-8,15,21,24H,9-10H2,1H3,(H,22,25). The maximum Gasteiger partial charge on any atom is 0.240 e. The molecule has 1 amide bonds. The van der Waals surface area contributed by atoms with Gasteiger partial charge in [-0.25, -0.2) is 5.43 Å². The summed E-state index contributed by atoms with van der Waals surface area (Å²) in [5, 5.41) is 14.8. The summed E-state index contributed by atoms with van der Waals surface area (Å²) in [6.07, 6.45) is 2.05. The van der Waals surface area contributed by atoms with Gasteiger partial charge < -0.3 is 10.1 Å². The molecule has 0 saturated heterocycles. The van der Waals surface area contributed by atoms with Crippen LogP contribution in [0.2, 0.25) is 0 Å². The Morgan fingerprint density at radius 2 is 2.08 bits per heavy atom. The van der Waals surface area contributed by atoms with E-state index in [-0.39, 0.29) is 24.9 Å². The number of amides is 1. The van der Waals surface area contributed by atoms with Gasteiger partial charge in [-0.2, -0.15) is 5.10 Å². The third-order valence-electron chi connectivity index (χ3n) is 4.46. The molecule has 1 atom stereocenters. The average Bonchev–Trinajstić information content (AvgIpc) is 3.05. The van der Waals surface area contributed by atoms with Gasteiger partial charge >= 0.3 is 0 Å². The second kappa shape index (κ2) is 6.14. The monoisotopic (exact) mass is 334 g/mol. The van der Waals surface area contributed by atoms with E-state index in [0.717, 1.165) is 33.4 Å². The van der Waals surface area contributed by atoms with E-state index in [9.17, 15) is 9.90 Å². The summed E-state index contributed by atoms with van der Waals surface area (Å²) in [6.45, 7) is 1.87. The fourth-order valence-electron chi connectivity index (χ4n) is 3.19. The highest BCUT2D eigenvalue weighted by Crippen LogP contribution is 2.26. The molecule has 0 aliphatic carbocycles. The Morgan fingerprint density at radius 1 is 1.20 bits per heavy atom. The maximum atomic E-state index is 11.5. The molecular formula is C19H18N4O2. The zero-order chi connectivity index (χ0) is 17.4. The van der Waals surface area contributed by atoms with Crippen LogP contribution in [-0.4, -0.2) is 33.3 Å². The van der Waals surface area contributed by atoms with Crippen molar-refractivity contribution in [1.29, 1.82) is 0 Å². The molecule has 1 aliphatic rings. The van der Waals surface area contributed by atoms with Crippen molar-refractivity contribution in [2.75, 3.05) is 6.61 Å². The SMILES string of the molecule is Cc1cc(-c2cc3cc(C4=NNC(=O)CC4CO)ccc3[nH]2)ccn1. The number of aryl methyl sites for hydroxylation is 1. The number of H-pyrrole nitrogens is 1. The highest BCUT2D eigenvalue weighted by molar-refractivity contribution is 6.08. The number of fused-ring (bicyclic) bond motifs is 1. The zero-order valence-electron chi connectivity index (χ0n) is 13.8. The van der Waals surface area contributed by atoms with Crippen molar-refractivity contribution < 1.29 is 9.90 Å². The topological polar surface area (TPSA) is 90.4 Å². The summed E-state index contributed by atoms with van der Waals surface area (Å²) in [5.41, 5.74) is 8.22. The summed E-state index contributed by atoms with van der Waals surface area (Å²) in [7, 11) is 0. The summed E-state index contributed by atoms with van der Waals surface area (Å²) in [6, 6.07) is 12.1. The van der Waals surface area contributed by atoms with E-state index in [1.807, 2.05) is 37.3 Å². The summed E-state index contributed by atoms with van der Waals surface area (Å²) < 4.78 is 0. The Morgan fingerprint density at radius 3 is 2.88 bits per heavy atom. The van der Waals surface area contributed by atoms with E-state index in [0.29, 0.717) is 5.71 Å². The quantitative estimate of drug-likeness (QED) is 0.687. The minimum absolute atomic E-state index is 0.0982. The maximum absolute atomic E-state index is 11.5. The van der Waals surface area contributed by atoms with Gasteiger partial charge in [-0.1, -0.05) is 6.07 Å². The number of aromatic amines is 1. The second-order valence-electron chi connectivity index (χ2n) is 6.29. The predicted octanol–water partition coefficient (Wildman–Crippen LogP) is 2.37. The molecule has 0 radical (unpaired) electrons. The molecular weight excluding hydrogens is 316 g/mol. The number of hydrogen-bond acceptors (Lipinski definition) is 4. The lowest BCUT2D eigenvalue weighted by Crippen LogP contribution is -2.35. The Bertz CT molecular complexity index is 990. The number of carbonyl (C=O) groups excluding carboxylic acids is 1. The molecule has 126 valence electrons. The van der Waals surface area contributed by atoms with Crippen molar-refractivity contribution >= 4 is 22.5 Å². The minimum atomic E-state index is -0.271. The molecule has 6 nitrogen and oxygen atoms in total. The number of nitrogens with zero attached hydrogens (tertiary/aromatic N) is 2. The Labute approximate surface area is 144 Å². The third kappa shape index (κ3) is 2.92. The van der Waals surface area contributed by atoms with Crippen LogP contribution in [0.25, 0.3) is 22.2 Å². The van der Waals surface area contributed by atoms with Gasteiger partial charge in [0, 0.05) is 46.4 Å². The van der Waals surface area contributed by atoms with Crippen molar-refractivity contribution in [3.05, 3.63) is 53.9 Å². The van der Waals surface area contributed by atoms with Gasteiger partial charge in [0.05, 0.1) is 12.3 Å². The first-order valence-electron chi connectivity index (χ1n) is 8.17. The molecule has 3 heterocycles. The van der Waals surface area contributed by atoms with Crippen molar-refractivity contribution in [3.8, 4) is 11.3 Å². The van der Waals surface area contributed by atoms with E-state index in [2.05, 4.69) is 26.6 Å². The first-order valence-corrected chi connectivity index (χ1v) is 8.17. The number of aromatic nitrogens is 2. The summed E-state index contributed by atoms with van der Waals surface area (Å²) in [4.78, 5) is 19.1. The normalized spacial score (nSPS) is 17.4. The molecule has 4 rings (SSSR count). The Kier molecular flexibility index (Phi) is 3.82. The van der Waals surface area contributed by atoms with Crippen LogP contribution < -0.4 is 5.43 Å². The second-order valence-corrected chi connectivity index (χ2v) is 6.29. The number of hydrogen-bond donors (Lipinski definition) is 3. The molecule has 0 bridgehead atoms. The number of rotatable bonds is 3. The first-order chi connectivity index (χ1) is 12.1. The van der Waals surface area contributed by atoms with Crippen molar-refractivity contribution in [2.24, 2.45) is 11.0 Å². The van der Waals surface area contributed by atoms with Gasteiger partial charge in [0.15, 0.2) is 0 Å². The largest absolute Gasteiger partial charge is 0.396 e. The van der Waals surface area contributed by atoms with Crippen LogP contribution in [-0.2, 0) is 4.79 Å². The highest BCUT2D eigenvalue weighted by atomic mass is 16.3. The number of pyridine rings is 1. The number of aliphatic hydroxyl groups excluding tert-OH is 1. The molecule has 3 aromatic rings. The Balaban J connectivity index is 1.75. The fourth-order valence-corrected chi connectivity index (χ4v) is 3.19. The lowest BCUT2D eigenvalue weighted by molar-refractivity contribution is -0.122. The number of carbonyl (C=O) groups is 1. The Hall–Kier alpha value is -2.99. The first kappa shape index (κ1) is 15.5. The molecule has 0 spiro atoms. The highest BCUT2D eigenvalue weighted by Gasteiger charge is 2.25. The predicted molar refractivity (Wildman–Crippen MR) is 96.1 cm³/mol. The van der Waals surface area contributed by atoms with Crippen LogP contribution >= 0.6 is 0 Å². The lowest BCUT2D eigenvalue weighted by Gasteiger charge is -2.20. The van der Waals surface area contributed by atoms with E-state index < -0.39 is 0 Å². The van der Waals surface area contributed by atoms with E-state index >= 15 is 0 Å². The van der Waals surface area contributed by atoms with E-state index in [4.69, 9.17) is 0 Å². The molecule has 1 unspecified atom stereocenters. The van der Waals surface area contributed by atoms with Crippen LogP contribution in [0, 0.1) is 12.8 Å². The lowest BCUT2D eigenvalue weighted by atomic mass is 9.92. The third-order valence-corrected chi connectivity index (χ3v) is 4.46. The van der Waals surface area contributed by atoms with Gasteiger partial charge in [0.25, 0.3) is 0 Å². The molecule has 6 heteroatoms. The molecule has 2 aromatic heterocycles. The number of hydrazone groups is 1.